The van der Waals surface area contributed by atoms with Crippen LogP contribution in [0.25, 0.3) is 0 Å². The van der Waals surface area contributed by atoms with Gasteiger partial charge >= 0.3 is 0 Å². The monoisotopic (exact) mass is 176 g/mol. The molecule has 1 aromatic rings. The molecule has 0 saturated heterocycles. The third-order valence-electron chi connectivity index (χ3n) is 3.06. The summed E-state index contributed by atoms with van der Waals surface area (Å²) in [6.07, 6.45) is 4.44. The lowest BCUT2D eigenvalue weighted by Gasteiger charge is -2.61. The van der Waals surface area contributed by atoms with Gasteiger partial charge in [0.05, 0.1) is 0 Å². The van der Waals surface area contributed by atoms with Crippen molar-refractivity contribution in [2.24, 2.45) is 5.92 Å². The second-order valence-electron chi connectivity index (χ2n) is 4.08. The van der Waals surface area contributed by atoms with Crippen molar-refractivity contribution in [1.29, 1.82) is 0 Å². The Morgan fingerprint density at radius 1 is 1.08 bits per heavy atom. The molecule has 0 nitrogen and oxygen atoms in total. The van der Waals surface area contributed by atoms with E-state index in [-0.39, 0.29) is 0 Å². The first-order chi connectivity index (χ1) is 5.86. The van der Waals surface area contributed by atoms with E-state index in [1.807, 2.05) is 0 Å². The molecule has 0 radical (unpaired) electrons. The first-order valence-corrected chi connectivity index (χ1v) is 5.42. The maximum Gasteiger partial charge on any atom is 0.0215 e. The van der Waals surface area contributed by atoms with Gasteiger partial charge in [-0.15, -0.1) is 11.8 Å². The predicted molar refractivity (Wildman–Crippen MR) is 52.4 cm³/mol. The van der Waals surface area contributed by atoms with Crippen LogP contribution in [0.5, 0.6) is 0 Å². The predicted octanol–water partition coefficient (Wildman–Crippen LogP) is 3.33. The molecule has 0 heterocycles. The van der Waals surface area contributed by atoms with E-state index in [0.717, 1.165) is 5.92 Å². The van der Waals surface area contributed by atoms with Gasteiger partial charge in [-0.3, -0.25) is 0 Å². The molecule has 0 unspecified atom stereocenters. The van der Waals surface area contributed by atoms with Crippen LogP contribution in [0.15, 0.2) is 35.2 Å². The summed E-state index contributed by atoms with van der Waals surface area (Å²) in [6, 6.07) is 10.8. The van der Waals surface area contributed by atoms with Crippen molar-refractivity contribution in [3.05, 3.63) is 30.3 Å². The van der Waals surface area contributed by atoms with Crippen molar-refractivity contribution in [1.82, 2.24) is 0 Å². The number of hydrogen-bond donors (Lipinski definition) is 0. The van der Waals surface area contributed by atoms with Crippen molar-refractivity contribution in [3.63, 3.8) is 0 Å². The minimum atomic E-state index is 0.687. The fraction of sp³-hybridized carbons (Fsp3) is 0.455. The van der Waals surface area contributed by atoms with Gasteiger partial charge in [0, 0.05) is 9.64 Å². The number of hydrogen-bond acceptors (Lipinski definition) is 1. The minimum Gasteiger partial charge on any atom is -0.119 e. The summed E-state index contributed by atoms with van der Waals surface area (Å²) in [4.78, 5) is 1.45. The number of thioether (sulfide) groups is 1. The molecule has 1 aromatic carbocycles. The maximum atomic E-state index is 2.23. The van der Waals surface area contributed by atoms with Crippen LogP contribution in [0.1, 0.15) is 19.3 Å². The van der Waals surface area contributed by atoms with Crippen LogP contribution in [0.3, 0.4) is 0 Å². The van der Waals surface area contributed by atoms with Gasteiger partial charge in [-0.1, -0.05) is 18.2 Å². The first-order valence-electron chi connectivity index (χ1n) is 4.60. The highest BCUT2D eigenvalue weighted by Gasteiger charge is 2.56. The molecule has 12 heavy (non-hydrogen) atoms. The topological polar surface area (TPSA) is 0 Å². The van der Waals surface area contributed by atoms with Gasteiger partial charge in [0.25, 0.3) is 0 Å². The zero-order valence-corrected chi connectivity index (χ0v) is 7.81. The summed E-state index contributed by atoms with van der Waals surface area (Å²) in [7, 11) is 0. The Labute approximate surface area is 77.4 Å². The third kappa shape index (κ3) is 0.925. The highest BCUT2D eigenvalue weighted by Crippen LogP contribution is 2.66. The number of rotatable bonds is 2. The summed E-state index contributed by atoms with van der Waals surface area (Å²) in [6.45, 7) is 0. The van der Waals surface area contributed by atoms with Crippen molar-refractivity contribution >= 4 is 11.8 Å². The average Bonchev–Trinajstić information content (AvgIpc) is 1.97. The highest BCUT2D eigenvalue weighted by molar-refractivity contribution is 8.00. The zero-order valence-electron chi connectivity index (χ0n) is 6.99. The molecule has 0 amide bonds. The molecule has 0 N–H and O–H groups in total. The van der Waals surface area contributed by atoms with Crippen molar-refractivity contribution in [3.8, 4) is 0 Å². The molecule has 0 spiro atoms. The molecule has 62 valence electrons. The largest absolute Gasteiger partial charge is 0.119 e. The van der Waals surface area contributed by atoms with Gasteiger partial charge in [0.15, 0.2) is 0 Å². The molecule has 0 atom stereocenters. The minimum absolute atomic E-state index is 0.687. The van der Waals surface area contributed by atoms with Crippen LogP contribution in [0, 0.1) is 5.92 Å². The van der Waals surface area contributed by atoms with Crippen molar-refractivity contribution in [2.45, 2.75) is 28.9 Å². The fourth-order valence-corrected chi connectivity index (χ4v) is 4.01. The van der Waals surface area contributed by atoms with E-state index in [4.69, 9.17) is 0 Å². The van der Waals surface area contributed by atoms with Crippen molar-refractivity contribution < 1.29 is 0 Å². The Bertz CT molecular complexity index is 274. The van der Waals surface area contributed by atoms with E-state index in [9.17, 15) is 0 Å². The van der Waals surface area contributed by atoms with E-state index in [0.29, 0.717) is 4.75 Å². The summed E-state index contributed by atoms with van der Waals surface area (Å²) < 4.78 is 0.687. The van der Waals surface area contributed by atoms with Crippen LogP contribution in [0.2, 0.25) is 0 Å². The standard InChI is InChI=1S/C11H12S/c1-2-4-10(5-3-1)12-11-6-9(7-11)8-11/h1-5,9H,6-8H2. The van der Waals surface area contributed by atoms with Crippen LogP contribution < -0.4 is 0 Å². The van der Waals surface area contributed by atoms with Gasteiger partial charge in [-0.05, 0) is 37.3 Å². The molecule has 1 heteroatoms. The quantitative estimate of drug-likeness (QED) is 0.666. The Hall–Kier alpha value is -0.430. The summed E-state index contributed by atoms with van der Waals surface area (Å²) in [5, 5.41) is 0. The second-order valence-corrected chi connectivity index (χ2v) is 5.62. The molecule has 0 aromatic heterocycles. The van der Waals surface area contributed by atoms with Gasteiger partial charge < -0.3 is 0 Å². The van der Waals surface area contributed by atoms with Crippen molar-refractivity contribution in [2.75, 3.05) is 0 Å². The molecule has 2 bridgehead atoms. The van der Waals surface area contributed by atoms with Gasteiger partial charge in [-0.25, -0.2) is 0 Å². The highest BCUT2D eigenvalue weighted by atomic mass is 32.2. The Kier molecular flexibility index (Phi) is 1.34. The van der Waals surface area contributed by atoms with E-state index < -0.39 is 0 Å². The first kappa shape index (κ1) is 7.02. The Morgan fingerprint density at radius 3 is 2.25 bits per heavy atom. The van der Waals surface area contributed by atoms with Gasteiger partial charge in [-0.2, -0.15) is 0 Å². The molecule has 3 saturated carbocycles. The molecule has 4 rings (SSSR count). The second kappa shape index (κ2) is 2.29. The van der Waals surface area contributed by atoms with Crippen LogP contribution in [-0.4, -0.2) is 4.75 Å². The Morgan fingerprint density at radius 2 is 1.75 bits per heavy atom. The smallest absolute Gasteiger partial charge is 0.0215 e. The van der Waals surface area contributed by atoms with Gasteiger partial charge in [0.2, 0.25) is 0 Å². The molecular formula is C11H12S. The average molecular weight is 176 g/mol. The Balaban J connectivity index is 1.75. The van der Waals surface area contributed by atoms with Crippen LogP contribution >= 0.6 is 11.8 Å². The lowest BCUT2D eigenvalue weighted by molar-refractivity contribution is 0.0580. The van der Waals surface area contributed by atoms with E-state index >= 15 is 0 Å². The molecular weight excluding hydrogens is 164 g/mol. The van der Waals surface area contributed by atoms with E-state index in [1.165, 1.54) is 24.2 Å². The lowest BCUT2D eigenvalue weighted by Crippen LogP contribution is -2.55. The summed E-state index contributed by atoms with van der Waals surface area (Å²) in [5.74, 6) is 1.10. The fourth-order valence-electron chi connectivity index (χ4n) is 2.26. The zero-order chi connectivity index (χ0) is 8.02. The molecule has 3 aliphatic rings. The summed E-state index contributed by atoms with van der Waals surface area (Å²) >= 11 is 2.10. The SMILES string of the molecule is c1ccc(SC23CC(C2)C3)cc1. The maximum absolute atomic E-state index is 2.23. The van der Waals surface area contributed by atoms with Crippen LogP contribution in [-0.2, 0) is 0 Å². The number of benzene rings is 1. The van der Waals surface area contributed by atoms with E-state index in [1.54, 1.807) is 0 Å². The molecule has 3 fully saturated rings. The third-order valence-corrected chi connectivity index (χ3v) is 4.50. The molecule has 3 aliphatic carbocycles. The lowest BCUT2D eigenvalue weighted by atomic mass is 9.55. The summed E-state index contributed by atoms with van der Waals surface area (Å²) in [5.41, 5.74) is 0. The van der Waals surface area contributed by atoms with Gasteiger partial charge in [0.1, 0.15) is 0 Å². The van der Waals surface area contributed by atoms with E-state index in [2.05, 4.69) is 42.1 Å². The molecule has 0 aliphatic heterocycles. The normalized spacial score (nSPS) is 36.8. The van der Waals surface area contributed by atoms with Crippen LogP contribution in [0.4, 0.5) is 0 Å².